The lowest BCUT2D eigenvalue weighted by atomic mass is 9.78. The van der Waals surface area contributed by atoms with Crippen LogP contribution in [0.15, 0.2) is 35.5 Å². The highest BCUT2D eigenvalue weighted by Crippen LogP contribution is 2.37. The summed E-state index contributed by atoms with van der Waals surface area (Å²) in [6.07, 6.45) is 1.98. The van der Waals surface area contributed by atoms with Crippen molar-refractivity contribution in [3.8, 4) is 0 Å². The molecule has 1 aromatic carbocycles. The fourth-order valence-electron chi connectivity index (χ4n) is 4.31. The summed E-state index contributed by atoms with van der Waals surface area (Å²) in [7, 11) is -0.393. The number of aliphatic hydroxyl groups excluding tert-OH is 1. The zero-order valence-electron chi connectivity index (χ0n) is 20.7. The summed E-state index contributed by atoms with van der Waals surface area (Å²) in [4.78, 5) is 18.9. The van der Waals surface area contributed by atoms with E-state index in [9.17, 15) is 9.90 Å². The van der Waals surface area contributed by atoms with E-state index in [4.69, 9.17) is 14.0 Å². The molecule has 2 fully saturated rings. The SMILES string of the molecule is CC(C)(C)OC(=O)N1C[C@H](O)C[C@H]1C1=NC=C(c2ccc(B3OC(C)(C)C(C)(C)O3)cc2)C1. The number of benzene rings is 1. The van der Waals surface area contributed by atoms with E-state index in [1.807, 2.05) is 66.8 Å². The standard InChI is InChI=1S/C25H35BN2O5/c1-23(2,3)31-22(30)28-15-19(29)13-21(28)20-12-17(14-27-20)16-8-10-18(11-9-16)26-32-24(4,5)25(6,7)33-26/h8-11,14,19,21,29H,12-13,15H2,1-7H3/t19-,21+/m1/s1. The van der Waals surface area contributed by atoms with Crippen LogP contribution in [-0.2, 0) is 14.0 Å². The van der Waals surface area contributed by atoms with Crippen molar-refractivity contribution < 1.29 is 23.9 Å². The third-order valence-electron chi connectivity index (χ3n) is 6.86. The third kappa shape index (κ3) is 4.88. The number of aliphatic hydroxyl groups is 1. The number of likely N-dealkylation sites (tertiary alicyclic amines) is 1. The first-order valence-electron chi connectivity index (χ1n) is 11.6. The summed E-state index contributed by atoms with van der Waals surface area (Å²) in [5, 5.41) is 10.2. The molecule has 33 heavy (non-hydrogen) atoms. The van der Waals surface area contributed by atoms with Gasteiger partial charge in [-0.3, -0.25) is 9.89 Å². The Bertz CT molecular complexity index is 962. The van der Waals surface area contributed by atoms with E-state index >= 15 is 0 Å². The van der Waals surface area contributed by atoms with Crippen LogP contribution < -0.4 is 5.46 Å². The maximum Gasteiger partial charge on any atom is 0.494 e. The Morgan fingerprint density at radius 2 is 1.76 bits per heavy atom. The highest BCUT2D eigenvalue weighted by molar-refractivity contribution is 6.62. The average molecular weight is 454 g/mol. The van der Waals surface area contributed by atoms with Gasteiger partial charge in [-0.1, -0.05) is 24.3 Å². The van der Waals surface area contributed by atoms with Crippen molar-refractivity contribution in [2.24, 2.45) is 4.99 Å². The highest BCUT2D eigenvalue weighted by Gasteiger charge is 2.51. The number of aliphatic imine (C=N–C) groups is 1. The van der Waals surface area contributed by atoms with Gasteiger partial charge in [0, 0.05) is 24.8 Å². The number of rotatable bonds is 3. The van der Waals surface area contributed by atoms with E-state index in [0.29, 0.717) is 12.8 Å². The summed E-state index contributed by atoms with van der Waals surface area (Å²) in [6, 6.07) is 7.91. The Morgan fingerprint density at radius 3 is 2.33 bits per heavy atom. The number of hydrogen-bond acceptors (Lipinski definition) is 6. The van der Waals surface area contributed by atoms with Crippen molar-refractivity contribution in [1.82, 2.24) is 4.90 Å². The molecule has 0 spiro atoms. The molecule has 3 aliphatic heterocycles. The van der Waals surface area contributed by atoms with Crippen molar-refractivity contribution >= 4 is 30.0 Å². The summed E-state index contributed by atoms with van der Waals surface area (Å²) in [6.45, 7) is 14.0. The molecule has 178 valence electrons. The minimum Gasteiger partial charge on any atom is -0.444 e. The Hall–Kier alpha value is -2.16. The van der Waals surface area contributed by atoms with Gasteiger partial charge in [0.2, 0.25) is 0 Å². The first-order valence-corrected chi connectivity index (χ1v) is 11.6. The van der Waals surface area contributed by atoms with Crippen LogP contribution in [0, 0.1) is 0 Å². The van der Waals surface area contributed by atoms with Gasteiger partial charge in [-0.25, -0.2) is 4.79 Å². The van der Waals surface area contributed by atoms with Gasteiger partial charge in [0.25, 0.3) is 0 Å². The Labute approximate surface area is 197 Å². The molecule has 3 heterocycles. The number of hydrogen-bond donors (Lipinski definition) is 1. The highest BCUT2D eigenvalue weighted by atomic mass is 16.7. The molecule has 8 heteroatoms. The normalized spacial score (nSPS) is 26.4. The topological polar surface area (TPSA) is 80.6 Å². The van der Waals surface area contributed by atoms with Crippen LogP contribution in [0.1, 0.15) is 66.9 Å². The van der Waals surface area contributed by atoms with Crippen LogP contribution in [0.5, 0.6) is 0 Å². The fourth-order valence-corrected chi connectivity index (χ4v) is 4.31. The summed E-state index contributed by atoms with van der Waals surface area (Å²) in [5.74, 6) is 0. The molecule has 1 aromatic rings. The van der Waals surface area contributed by atoms with Gasteiger partial charge in [0.15, 0.2) is 0 Å². The van der Waals surface area contributed by atoms with Crippen molar-refractivity contribution in [2.45, 2.75) is 90.3 Å². The zero-order valence-corrected chi connectivity index (χ0v) is 20.7. The molecule has 1 amide bonds. The second kappa shape index (κ2) is 8.26. The van der Waals surface area contributed by atoms with Crippen LogP contribution in [0.4, 0.5) is 4.79 Å². The molecule has 0 radical (unpaired) electrons. The largest absolute Gasteiger partial charge is 0.494 e. The van der Waals surface area contributed by atoms with Crippen LogP contribution in [0.2, 0.25) is 0 Å². The van der Waals surface area contributed by atoms with Gasteiger partial charge in [-0.05, 0) is 65.1 Å². The fraction of sp³-hybridized carbons (Fsp3) is 0.600. The van der Waals surface area contributed by atoms with Crippen molar-refractivity contribution in [2.75, 3.05) is 6.54 Å². The van der Waals surface area contributed by atoms with Gasteiger partial charge < -0.3 is 19.2 Å². The predicted octanol–water partition coefficient (Wildman–Crippen LogP) is 3.54. The summed E-state index contributed by atoms with van der Waals surface area (Å²) in [5.41, 5.74) is 2.66. The van der Waals surface area contributed by atoms with Crippen molar-refractivity contribution in [3.63, 3.8) is 0 Å². The molecule has 2 saturated heterocycles. The summed E-state index contributed by atoms with van der Waals surface area (Å²) >= 11 is 0. The Morgan fingerprint density at radius 1 is 1.15 bits per heavy atom. The van der Waals surface area contributed by atoms with E-state index in [1.54, 1.807) is 4.90 Å². The van der Waals surface area contributed by atoms with Crippen molar-refractivity contribution in [3.05, 3.63) is 36.0 Å². The molecular formula is C25H35BN2O5. The number of carbonyl (C=O) groups is 1. The Kier molecular flexibility index (Phi) is 6.00. The minimum absolute atomic E-state index is 0.257. The molecule has 0 aromatic heterocycles. The second-order valence-electron chi connectivity index (χ2n) is 11.2. The van der Waals surface area contributed by atoms with Crippen LogP contribution in [0.25, 0.3) is 5.57 Å². The van der Waals surface area contributed by atoms with Gasteiger partial charge in [-0.2, -0.15) is 0 Å². The van der Waals surface area contributed by atoms with Gasteiger partial charge >= 0.3 is 13.2 Å². The molecule has 2 atom stereocenters. The number of β-amino-alcohol motifs (C(OH)–C–C–N with tert-alkyl or cyclic N) is 1. The van der Waals surface area contributed by atoms with Crippen LogP contribution in [-0.4, -0.2) is 64.4 Å². The molecule has 3 aliphatic rings. The minimum atomic E-state index is -0.588. The van der Waals surface area contributed by atoms with Gasteiger partial charge in [0.05, 0.1) is 29.9 Å². The van der Waals surface area contributed by atoms with E-state index < -0.39 is 24.9 Å². The smallest absolute Gasteiger partial charge is 0.444 e. The number of nitrogens with zero attached hydrogens (tertiary/aromatic N) is 2. The number of amides is 1. The molecule has 4 rings (SSSR count). The van der Waals surface area contributed by atoms with Gasteiger partial charge in [0.1, 0.15) is 5.60 Å². The van der Waals surface area contributed by atoms with Crippen LogP contribution >= 0.6 is 0 Å². The van der Waals surface area contributed by atoms with E-state index in [1.165, 1.54) is 0 Å². The molecule has 0 saturated carbocycles. The van der Waals surface area contributed by atoms with E-state index in [0.717, 1.165) is 22.3 Å². The van der Waals surface area contributed by atoms with Crippen LogP contribution in [0.3, 0.4) is 0 Å². The zero-order chi connectivity index (χ0) is 24.2. The quantitative estimate of drug-likeness (QED) is 0.707. The molecule has 0 aliphatic carbocycles. The number of allylic oxidation sites excluding steroid dienone is 1. The predicted molar refractivity (Wildman–Crippen MR) is 130 cm³/mol. The van der Waals surface area contributed by atoms with Crippen molar-refractivity contribution in [1.29, 1.82) is 0 Å². The molecule has 0 bridgehead atoms. The Balaban J connectivity index is 1.42. The van der Waals surface area contributed by atoms with Gasteiger partial charge in [-0.15, -0.1) is 0 Å². The van der Waals surface area contributed by atoms with E-state index in [2.05, 4.69) is 17.1 Å². The monoisotopic (exact) mass is 454 g/mol. The molecule has 7 nitrogen and oxygen atoms in total. The average Bonchev–Trinajstić information content (AvgIpc) is 3.37. The number of carbonyl (C=O) groups excluding carboxylic acids is 1. The van der Waals surface area contributed by atoms with E-state index in [-0.39, 0.29) is 23.8 Å². The maximum absolute atomic E-state index is 12.7. The molecule has 0 unspecified atom stereocenters. The molecular weight excluding hydrogens is 419 g/mol. The number of ether oxygens (including phenoxy) is 1. The molecule has 1 N–H and O–H groups in total. The summed E-state index contributed by atoms with van der Waals surface area (Å²) < 4.78 is 17.8. The maximum atomic E-state index is 12.7. The lowest BCUT2D eigenvalue weighted by molar-refractivity contribution is 0.00578. The first-order chi connectivity index (χ1) is 15.3. The lowest BCUT2D eigenvalue weighted by Gasteiger charge is -2.32. The second-order valence-corrected chi connectivity index (χ2v) is 11.2. The lowest BCUT2D eigenvalue weighted by Crippen LogP contribution is -2.43. The first kappa shape index (κ1) is 24.0. The third-order valence-corrected chi connectivity index (χ3v) is 6.86.